The van der Waals surface area contributed by atoms with Crippen LogP contribution in [0.15, 0.2) is 18.3 Å². The van der Waals surface area contributed by atoms with Crippen LogP contribution >= 0.6 is 0 Å². The van der Waals surface area contributed by atoms with Crippen LogP contribution in [0.2, 0.25) is 0 Å². The smallest absolute Gasteiger partial charge is 0.358 e. The van der Waals surface area contributed by atoms with Crippen LogP contribution in [0.4, 0.5) is 5.82 Å². The maximum absolute atomic E-state index is 10.3. The molecule has 0 amide bonds. The monoisotopic (exact) mass is 192 g/mol. The largest absolute Gasteiger partial charge is 0.363 e. The van der Waals surface area contributed by atoms with Gasteiger partial charge in [-0.05, 0) is 16.0 Å². The van der Waals surface area contributed by atoms with Crippen LogP contribution in [0.1, 0.15) is 18.0 Å². The molecule has 14 heavy (non-hydrogen) atoms. The zero-order valence-electron chi connectivity index (χ0n) is 7.25. The van der Waals surface area contributed by atoms with E-state index < -0.39 is 11.0 Å². The lowest BCUT2D eigenvalue weighted by molar-refractivity contribution is -0.389. The normalized spacial score (nSPS) is 11.7. The van der Waals surface area contributed by atoms with Gasteiger partial charge in [0.05, 0.1) is 12.5 Å². The molecule has 0 aliphatic carbocycles. The van der Waals surface area contributed by atoms with Gasteiger partial charge in [-0.1, -0.05) is 0 Å². The van der Waals surface area contributed by atoms with E-state index in [9.17, 15) is 10.1 Å². The van der Waals surface area contributed by atoms with Gasteiger partial charge in [0, 0.05) is 17.7 Å². The fourth-order valence-electron chi connectivity index (χ4n) is 0.941. The molecular weight excluding hydrogens is 184 g/mol. The number of nitro groups is 1. The van der Waals surface area contributed by atoms with E-state index in [4.69, 9.17) is 11.0 Å². The topological polar surface area (TPSA) is 106 Å². The lowest BCUT2D eigenvalue weighted by atomic mass is 10.1. The van der Waals surface area contributed by atoms with Crippen molar-refractivity contribution in [3.05, 3.63) is 34.0 Å². The highest BCUT2D eigenvalue weighted by Crippen LogP contribution is 2.14. The summed E-state index contributed by atoms with van der Waals surface area (Å²) in [4.78, 5) is 13.3. The summed E-state index contributed by atoms with van der Waals surface area (Å²) >= 11 is 0. The summed E-state index contributed by atoms with van der Waals surface area (Å²) < 4.78 is 0. The Morgan fingerprint density at radius 3 is 2.86 bits per heavy atom. The zero-order valence-corrected chi connectivity index (χ0v) is 7.25. The maximum Gasteiger partial charge on any atom is 0.363 e. The molecule has 1 aromatic heterocycles. The zero-order chi connectivity index (χ0) is 10.6. The Labute approximate surface area is 80.1 Å². The number of hydrogen-bond donors (Lipinski definition) is 1. The first-order valence-corrected chi connectivity index (χ1v) is 3.88. The van der Waals surface area contributed by atoms with E-state index in [0.29, 0.717) is 5.56 Å². The van der Waals surface area contributed by atoms with Crippen molar-refractivity contribution in [2.75, 3.05) is 0 Å². The van der Waals surface area contributed by atoms with Gasteiger partial charge in [0.2, 0.25) is 0 Å². The number of nitrogens with zero attached hydrogens (tertiary/aromatic N) is 3. The molecule has 0 saturated heterocycles. The summed E-state index contributed by atoms with van der Waals surface area (Å²) in [6, 6.07) is 4.26. The minimum atomic E-state index is -0.584. The van der Waals surface area contributed by atoms with Crippen LogP contribution in [-0.4, -0.2) is 9.91 Å². The van der Waals surface area contributed by atoms with Gasteiger partial charge in [0.1, 0.15) is 6.20 Å². The maximum atomic E-state index is 10.3. The van der Waals surface area contributed by atoms with Gasteiger partial charge in [0.15, 0.2) is 0 Å². The van der Waals surface area contributed by atoms with Gasteiger partial charge < -0.3 is 15.8 Å². The van der Waals surface area contributed by atoms with Crippen molar-refractivity contribution in [2.24, 2.45) is 5.73 Å². The van der Waals surface area contributed by atoms with Crippen LogP contribution in [0.3, 0.4) is 0 Å². The summed E-state index contributed by atoms with van der Waals surface area (Å²) in [5.74, 6) is -0.224. The van der Waals surface area contributed by atoms with E-state index in [0.717, 1.165) is 0 Å². The van der Waals surface area contributed by atoms with Crippen molar-refractivity contribution in [1.29, 1.82) is 5.26 Å². The second-order valence-corrected chi connectivity index (χ2v) is 2.68. The third kappa shape index (κ3) is 2.24. The molecule has 0 aliphatic rings. The van der Waals surface area contributed by atoms with E-state index >= 15 is 0 Å². The number of pyridine rings is 1. The Kier molecular flexibility index (Phi) is 3.09. The van der Waals surface area contributed by atoms with Gasteiger partial charge >= 0.3 is 5.82 Å². The van der Waals surface area contributed by atoms with Crippen molar-refractivity contribution in [3.8, 4) is 6.07 Å². The van der Waals surface area contributed by atoms with Crippen molar-refractivity contribution in [1.82, 2.24) is 4.98 Å². The number of aromatic nitrogens is 1. The minimum absolute atomic E-state index is 0.166. The van der Waals surface area contributed by atoms with E-state index in [-0.39, 0.29) is 12.2 Å². The van der Waals surface area contributed by atoms with Gasteiger partial charge in [-0.3, -0.25) is 0 Å². The summed E-state index contributed by atoms with van der Waals surface area (Å²) in [7, 11) is 0. The molecule has 0 aromatic carbocycles. The number of nitrogens with two attached hydrogens (primary N) is 1. The third-order valence-electron chi connectivity index (χ3n) is 1.70. The van der Waals surface area contributed by atoms with E-state index in [1.54, 1.807) is 0 Å². The SMILES string of the molecule is N#CC[C@H](N)c1ccc([N+](=O)[O-])nc1. The molecule has 0 spiro atoms. The predicted molar refractivity (Wildman–Crippen MR) is 48.0 cm³/mol. The molecule has 0 fully saturated rings. The summed E-state index contributed by atoms with van der Waals surface area (Å²) in [6.45, 7) is 0. The molecule has 1 aromatic rings. The Bertz CT molecular complexity index is 368. The Morgan fingerprint density at radius 2 is 2.43 bits per heavy atom. The Morgan fingerprint density at radius 1 is 1.71 bits per heavy atom. The molecule has 0 saturated carbocycles. The first-order chi connectivity index (χ1) is 6.65. The second kappa shape index (κ2) is 4.30. The fourth-order valence-corrected chi connectivity index (χ4v) is 0.941. The fraction of sp³-hybridized carbons (Fsp3) is 0.250. The summed E-state index contributed by atoms with van der Waals surface area (Å²) in [5.41, 5.74) is 6.22. The van der Waals surface area contributed by atoms with Gasteiger partial charge in [-0.2, -0.15) is 5.26 Å². The molecule has 1 heterocycles. The van der Waals surface area contributed by atoms with Gasteiger partial charge in [-0.25, -0.2) is 0 Å². The quantitative estimate of drug-likeness (QED) is 0.565. The molecule has 2 N–H and O–H groups in total. The molecule has 0 aliphatic heterocycles. The number of rotatable bonds is 3. The van der Waals surface area contributed by atoms with Crippen molar-refractivity contribution < 1.29 is 4.92 Å². The molecule has 1 rings (SSSR count). The molecular formula is C8H8N4O2. The standard InChI is InChI=1S/C8H8N4O2/c9-4-3-7(10)6-1-2-8(11-5-6)12(13)14/h1-2,5,7H,3,10H2/t7-/m0/s1. The Hall–Kier alpha value is -2.00. The van der Waals surface area contributed by atoms with Crippen LogP contribution in [0, 0.1) is 21.4 Å². The average molecular weight is 192 g/mol. The van der Waals surface area contributed by atoms with Crippen LogP contribution in [-0.2, 0) is 0 Å². The molecule has 0 bridgehead atoms. The van der Waals surface area contributed by atoms with Crippen LogP contribution in [0.25, 0.3) is 0 Å². The van der Waals surface area contributed by atoms with E-state index in [1.807, 2.05) is 6.07 Å². The second-order valence-electron chi connectivity index (χ2n) is 2.68. The highest BCUT2D eigenvalue weighted by atomic mass is 16.6. The average Bonchev–Trinajstić information content (AvgIpc) is 2.18. The first-order valence-electron chi connectivity index (χ1n) is 3.88. The van der Waals surface area contributed by atoms with Gasteiger partial charge in [0.25, 0.3) is 0 Å². The van der Waals surface area contributed by atoms with Gasteiger partial charge in [-0.15, -0.1) is 0 Å². The highest BCUT2D eigenvalue weighted by molar-refractivity contribution is 5.25. The molecule has 1 atom stereocenters. The summed E-state index contributed by atoms with van der Waals surface area (Å²) in [5, 5.41) is 18.6. The third-order valence-corrected chi connectivity index (χ3v) is 1.70. The first kappa shape index (κ1) is 10.1. The van der Waals surface area contributed by atoms with E-state index in [1.165, 1.54) is 18.3 Å². The lowest BCUT2D eigenvalue weighted by Crippen LogP contribution is -2.09. The minimum Gasteiger partial charge on any atom is -0.358 e. The molecule has 6 nitrogen and oxygen atoms in total. The summed E-state index contributed by atoms with van der Waals surface area (Å²) in [6.07, 6.45) is 1.49. The highest BCUT2D eigenvalue weighted by Gasteiger charge is 2.10. The van der Waals surface area contributed by atoms with Crippen molar-refractivity contribution in [3.63, 3.8) is 0 Å². The Balaban J connectivity index is 2.84. The van der Waals surface area contributed by atoms with Crippen LogP contribution in [0.5, 0.6) is 0 Å². The number of hydrogen-bond acceptors (Lipinski definition) is 5. The number of nitriles is 1. The molecule has 0 radical (unpaired) electrons. The molecule has 6 heteroatoms. The van der Waals surface area contributed by atoms with E-state index in [2.05, 4.69) is 4.98 Å². The van der Waals surface area contributed by atoms with Crippen molar-refractivity contribution in [2.45, 2.75) is 12.5 Å². The van der Waals surface area contributed by atoms with Crippen molar-refractivity contribution >= 4 is 5.82 Å². The predicted octanol–water partition coefficient (Wildman–Crippen LogP) is 0.903. The molecule has 0 unspecified atom stereocenters. The lowest BCUT2D eigenvalue weighted by Gasteiger charge is -2.03. The molecule has 72 valence electrons. The van der Waals surface area contributed by atoms with Crippen LogP contribution < -0.4 is 5.73 Å².